The maximum absolute atomic E-state index is 11.8. The number of carbonyl (C=O) groups excluding carboxylic acids is 1. The molecule has 0 radical (unpaired) electrons. The summed E-state index contributed by atoms with van der Waals surface area (Å²) in [5.74, 6) is 0.317. The van der Waals surface area contributed by atoms with Gasteiger partial charge in [0.25, 0.3) is 0 Å². The van der Waals surface area contributed by atoms with Crippen LogP contribution < -0.4 is 5.32 Å². The maximum Gasteiger partial charge on any atom is 0.327 e. The zero-order chi connectivity index (χ0) is 12.0. The van der Waals surface area contributed by atoms with Crippen LogP contribution in [0.2, 0.25) is 0 Å². The number of hydrogen-bond acceptors (Lipinski definition) is 4. The molecule has 0 aliphatic rings. The van der Waals surface area contributed by atoms with Crippen LogP contribution in [0.25, 0.3) is 0 Å². The number of esters is 1. The summed E-state index contributed by atoms with van der Waals surface area (Å²) in [6, 6.07) is 1.63. The fraction of sp³-hybridized carbons (Fsp3) is 0.583. The second kappa shape index (κ2) is 6.66. The summed E-state index contributed by atoms with van der Waals surface area (Å²) in [6.45, 7) is 7.28. The lowest BCUT2D eigenvalue weighted by Gasteiger charge is -2.17. The number of thiophene rings is 1. The van der Waals surface area contributed by atoms with Crippen molar-refractivity contribution in [3.63, 3.8) is 0 Å². The monoisotopic (exact) mass is 241 g/mol. The highest BCUT2D eigenvalue weighted by molar-refractivity contribution is 7.08. The molecule has 3 nitrogen and oxygen atoms in total. The van der Waals surface area contributed by atoms with E-state index in [4.69, 9.17) is 4.74 Å². The largest absolute Gasteiger partial charge is 0.465 e. The molecule has 0 bridgehead atoms. The Morgan fingerprint density at radius 2 is 2.31 bits per heavy atom. The van der Waals surface area contributed by atoms with Crippen molar-refractivity contribution in [2.75, 3.05) is 13.2 Å². The fourth-order valence-corrected chi connectivity index (χ4v) is 2.04. The molecule has 1 unspecified atom stereocenters. The quantitative estimate of drug-likeness (QED) is 0.778. The highest BCUT2D eigenvalue weighted by atomic mass is 32.1. The van der Waals surface area contributed by atoms with E-state index in [2.05, 4.69) is 19.2 Å². The molecule has 0 amide bonds. The highest BCUT2D eigenvalue weighted by Gasteiger charge is 2.21. The van der Waals surface area contributed by atoms with Crippen LogP contribution in [-0.4, -0.2) is 19.1 Å². The van der Waals surface area contributed by atoms with E-state index >= 15 is 0 Å². The van der Waals surface area contributed by atoms with Crippen molar-refractivity contribution < 1.29 is 9.53 Å². The fourth-order valence-electron chi connectivity index (χ4n) is 1.36. The molecule has 4 heteroatoms. The first-order chi connectivity index (χ1) is 7.65. The molecule has 0 aliphatic heterocycles. The predicted molar refractivity (Wildman–Crippen MR) is 66.5 cm³/mol. The van der Waals surface area contributed by atoms with E-state index in [1.165, 1.54) is 0 Å². The van der Waals surface area contributed by atoms with Crippen molar-refractivity contribution in [2.45, 2.75) is 26.8 Å². The van der Waals surface area contributed by atoms with E-state index in [0.717, 1.165) is 12.1 Å². The van der Waals surface area contributed by atoms with E-state index in [9.17, 15) is 4.79 Å². The van der Waals surface area contributed by atoms with E-state index in [0.29, 0.717) is 12.5 Å². The molecule has 90 valence electrons. The summed E-state index contributed by atoms with van der Waals surface area (Å²) in [5.41, 5.74) is 0.990. The Labute approximate surface area is 101 Å². The average Bonchev–Trinajstić information content (AvgIpc) is 2.71. The molecule has 1 rings (SSSR count). The molecule has 1 aromatic heterocycles. The number of rotatable bonds is 6. The lowest BCUT2D eigenvalue weighted by molar-refractivity contribution is -0.145. The van der Waals surface area contributed by atoms with Crippen LogP contribution in [0.1, 0.15) is 32.4 Å². The van der Waals surface area contributed by atoms with Crippen LogP contribution in [-0.2, 0) is 9.53 Å². The van der Waals surface area contributed by atoms with Crippen LogP contribution in [0.5, 0.6) is 0 Å². The molecular formula is C12H19NO2S. The third-order valence-corrected chi connectivity index (χ3v) is 2.83. The van der Waals surface area contributed by atoms with Gasteiger partial charge in [0.1, 0.15) is 6.04 Å². The zero-order valence-electron chi connectivity index (χ0n) is 10.0. The van der Waals surface area contributed by atoms with Crippen LogP contribution in [0.15, 0.2) is 16.8 Å². The molecule has 0 saturated carbocycles. The molecule has 1 N–H and O–H groups in total. The van der Waals surface area contributed by atoms with E-state index in [1.807, 2.05) is 23.8 Å². The Bertz CT molecular complexity index is 309. The first-order valence-corrected chi connectivity index (χ1v) is 6.51. The number of ether oxygens (including phenoxy) is 1. The summed E-state index contributed by atoms with van der Waals surface area (Å²) in [5, 5.41) is 7.19. The molecule has 1 atom stereocenters. The number of hydrogen-bond donors (Lipinski definition) is 1. The second-order valence-electron chi connectivity index (χ2n) is 4.04. The minimum Gasteiger partial charge on any atom is -0.465 e. The van der Waals surface area contributed by atoms with Crippen LogP contribution in [0.3, 0.4) is 0 Å². The van der Waals surface area contributed by atoms with Gasteiger partial charge in [0.05, 0.1) is 6.61 Å². The van der Waals surface area contributed by atoms with Gasteiger partial charge in [-0.25, -0.2) is 4.79 Å². The Kier molecular flexibility index (Phi) is 5.49. The van der Waals surface area contributed by atoms with Crippen LogP contribution in [0, 0.1) is 5.92 Å². The van der Waals surface area contributed by atoms with E-state index < -0.39 is 0 Å². The van der Waals surface area contributed by atoms with Crippen LogP contribution in [0.4, 0.5) is 0 Å². The van der Waals surface area contributed by atoms with Gasteiger partial charge in [-0.2, -0.15) is 11.3 Å². The van der Waals surface area contributed by atoms with Crippen molar-refractivity contribution in [1.29, 1.82) is 0 Å². The standard InChI is InChI=1S/C12H19NO2S/c1-4-15-12(14)11(13-7-9(2)3)10-5-6-16-8-10/h5-6,8-9,11,13H,4,7H2,1-3H3. The van der Waals surface area contributed by atoms with Crippen molar-refractivity contribution in [3.8, 4) is 0 Å². The van der Waals surface area contributed by atoms with Gasteiger partial charge in [-0.15, -0.1) is 0 Å². The van der Waals surface area contributed by atoms with E-state index in [1.54, 1.807) is 11.3 Å². The summed E-state index contributed by atoms with van der Waals surface area (Å²) in [7, 11) is 0. The topological polar surface area (TPSA) is 38.3 Å². The third kappa shape index (κ3) is 3.94. The normalized spacial score (nSPS) is 12.8. The minimum absolute atomic E-state index is 0.193. The van der Waals surface area contributed by atoms with Crippen molar-refractivity contribution in [2.24, 2.45) is 5.92 Å². The Morgan fingerprint density at radius 1 is 1.56 bits per heavy atom. The van der Waals surface area contributed by atoms with Gasteiger partial charge in [0, 0.05) is 0 Å². The van der Waals surface area contributed by atoms with Crippen molar-refractivity contribution >= 4 is 17.3 Å². The summed E-state index contributed by atoms with van der Waals surface area (Å²) < 4.78 is 5.06. The van der Waals surface area contributed by atoms with Crippen molar-refractivity contribution in [3.05, 3.63) is 22.4 Å². The lowest BCUT2D eigenvalue weighted by atomic mass is 10.1. The predicted octanol–water partition coefficient (Wildman–Crippen LogP) is 2.60. The van der Waals surface area contributed by atoms with Gasteiger partial charge in [-0.3, -0.25) is 0 Å². The third-order valence-electron chi connectivity index (χ3n) is 2.13. The number of nitrogens with one attached hydrogen (secondary N) is 1. The Morgan fingerprint density at radius 3 is 2.81 bits per heavy atom. The average molecular weight is 241 g/mol. The zero-order valence-corrected chi connectivity index (χ0v) is 10.8. The summed E-state index contributed by atoms with van der Waals surface area (Å²) in [6.07, 6.45) is 0. The van der Waals surface area contributed by atoms with Gasteiger partial charge < -0.3 is 10.1 Å². The highest BCUT2D eigenvalue weighted by Crippen LogP contribution is 2.18. The van der Waals surface area contributed by atoms with Gasteiger partial charge in [0.2, 0.25) is 0 Å². The lowest BCUT2D eigenvalue weighted by Crippen LogP contribution is -2.32. The summed E-state index contributed by atoms with van der Waals surface area (Å²) in [4.78, 5) is 11.8. The second-order valence-corrected chi connectivity index (χ2v) is 4.82. The molecule has 1 heterocycles. The molecule has 0 saturated heterocycles. The van der Waals surface area contributed by atoms with E-state index in [-0.39, 0.29) is 12.0 Å². The van der Waals surface area contributed by atoms with Gasteiger partial charge in [0.15, 0.2) is 0 Å². The molecular weight excluding hydrogens is 222 g/mol. The first-order valence-electron chi connectivity index (χ1n) is 5.57. The molecule has 0 spiro atoms. The summed E-state index contributed by atoms with van der Waals surface area (Å²) >= 11 is 1.59. The first kappa shape index (κ1) is 13.2. The minimum atomic E-state index is -0.325. The molecule has 0 aromatic carbocycles. The van der Waals surface area contributed by atoms with Crippen molar-refractivity contribution in [1.82, 2.24) is 5.32 Å². The molecule has 1 aromatic rings. The molecule has 0 aliphatic carbocycles. The number of carbonyl (C=O) groups is 1. The van der Waals surface area contributed by atoms with Crippen LogP contribution >= 0.6 is 11.3 Å². The smallest absolute Gasteiger partial charge is 0.327 e. The van der Waals surface area contributed by atoms with Gasteiger partial charge in [-0.1, -0.05) is 13.8 Å². The molecule has 16 heavy (non-hydrogen) atoms. The molecule has 0 fully saturated rings. The van der Waals surface area contributed by atoms with Gasteiger partial charge >= 0.3 is 5.97 Å². The Hall–Kier alpha value is -0.870. The SMILES string of the molecule is CCOC(=O)C(NCC(C)C)c1ccsc1. The van der Waals surface area contributed by atoms with Gasteiger partial charge in [-0.05, 0) is 41.8 Å². The Balaban J connectivity index is 2.66. The maximum atomic E-state index is 11.8.